The highest BCUT2D eigenvalue weighted by atomic mass is 16.1. The van der Waals surface area contributed by atoms with E-state index in [-0.39, 0.29) is 5.56 Å². The molecular formula is C15H11N3O. The van der Waals surface area contributed by atoms with Crippen LogP contribution in [0.25, 0.3) is 22.6 Å². The van der Waals surface area contributed by atoms with Crippen LogP contribution in [0.3, 0.4) is 0 Å². The Kier molecular flexibility index (Phi) is 2.90. The fraction of sp³-hybridized carbons (Fsp3) is 0. The standard InChI is InChI=1S/C15H11N3O/c19-14-8-3-7-13(18-14)15-11(5-4-10-17-15)12-6-1-2-9-16-12/h1-10H,(H,18,19). The molecule has 3 aromatic heterocycles. The summed E-state index contributed by atoms with van der Waals surface area (Å²) >= 11 is 0. The molecule has 0 saturated heterocycles. The summed E-state index contributed by atoms with van der Waals surface area (Å²) in [6.45, 7) is 0. The van der Waals surface area contributed by atoms with Crippen LogP contribution in [0.4, 0.5) is 0 Å². The second kappa shape index (κ2) is 4.86. The third-order valence-corrected chi connectivity index (χ3v) is 2.77. The molecule has 3 rings (SSSR count). The molecule has 0 aliphatic heterocycles. The molecule has 1 N–H and O–H groups in total. The Morgan fingerprint density at radius 2 is 1.74 bits per heavy atom. The molecule has 0 aliphatic carbocycles. The Hall–Kier alpha value is -2.75. The van der Waals surface area contributed by atoms with Crippen molar-refractivity contribution in [2.45, 2.75) is 0 Å². The molecular weight excluding hydrogens is 238 g/mol. The normalized spacial score (nSPS) is 10.3. The van der Waals surface area contributed by atoms with Gasteiger partial charge in [-0.3, -0.25) is 14.8 Å². The number of hydrogen-bond donors (Lipinski definition) is 1. The first-order chi connectivity index (χ1) is 9.34. The van der Waals surface area contributed by atoms with E-state index in [1.165, 1.54) is 6.07 Å². The van der Waals surface area contributed by atoms with Gasteiger partial charge in [0.15, 0.2) is 0 Å². The van der Waals surface area contributed by atoms with E-state index < -0.39 is 0 Å². The molecule has 0 spiro atoms. The van der Waals surface area contributed by atoms with Crippen LogP contribution in [0.2, 0.25) is 0 Å². The summed E-state index contributed by atoms with van der Waals surface area (Å²) in [5.74, 6) is 0. The van der Waals surface area contributed by atoms with Crippen molar-refractivity contribution in [3.63, 3.8) is 0 Å². The average molecular weight is 249 g/mol. The molecule has 0 bridgehead atoms. The van der Waals surface area contributed by atoms with Gasteiger partial charge in [0.25, 0.3) is 0 Å². The summed E-state index contributed by atoms with van der Waals surface area (Å²) in [5, 5.41) is 0. The van der Waals surface area contributed by atoms with Gasteiger partial charge in [-0.1, -0.05) is 12.1 Å². The van der Waals surface area contributed by atoms with E-state index in [0.29, 0.717) is 5.69 Å². The summed E-state index contributed by atoms with van der Waals surface area (Å²) in [4.78, 5) is 22.9. The molecule has 0 aromatic carbocycles. The van der Waals surface area contributed by atoms with Gasteiger partial charge in [0.2, 0.25) is 5.56 Å². The Morgan fingerprint density at radius 3 is 2.53 bits per heavy atom. The van der Waals surface area contributed by atoms with Crippen molar-refractivity contribution in [3.8, 4) is 22.6 Å². The molecule has 19 heavy (non-hydrogen) atoms. The maximum atomic E-state index is 11.4. The van der Waals surface area contributed by atoms with E-state index in [0.717, 1.165) is 17.0 Å². The van der Waals surface area contributed by atoms with Crippen molar-refractivity contribution in [3.05, 3.63) is 71.3 Å². The van der Waals surface area contributed by atoms with Gasteiger partial charge < -0.3 is 4.98 Å². The van der Waals surface area contributed by atoms with E-state index in [1.807, 2.05) is 36.4 Å². The summed E-state index contributed by atoms with van der Waals surface area (Å²) in [6, 6.07) is 14.5. The lowest BCUT2D eigenvalue weighted by Gasteiger charge is -2.07. The van der Waals surface area contributed by atoms with Gasteiger partial charge in [0, 0.05) is 24.0 Å². The van der Waals surface area contributed by atoms with E-state index in [1.54, 1.807) is 18.5 Å². The van der Waals surface area contributed by atoms with Crippen LogP contribution < -0.4 is 5.56 Å². The highest BCUT2D eigenvalue weighted by Gasteiger charge is 2.09. The van der Waals surface area contributed by atoms with Crippen LogP contribution >= 0.6 is 0 Å². The molecule has 4 nitrogen and oxygen atoms in total. The number of hydrogen-bond acceptors (Lipinski definition) is 3. The number of aromatic nitrogens is 3. The van der Waals surface area contributed by atoms with Crippen molar-refractivity contribution >= 4 is 0 Å². The number of nitrogens with one attached hydrogen (secondary N) is 1. The SMILES string of the molecule is O=c1cccc(-c2ncccc2-c2ccccn2)[nH]1. The van der Waals surface area contributed by atoms with Gasteiger partial charge in [-0.2, -0.15) is 0 Å². The van der Waals surface area contributed by atoms with Crippen molar-refractivity contribution in [2.24, 2.45) is 0 Å². The van der Waals surface area contributed by atoms with Crippen LogP contribution in [-0.4, -0.2) is 15.0 Å². The summed E-state index contributed by atoms with van der Waals surface area (Å²) in [7, 11) is 0. The fourth-order valence-electron chi connectivity index (χ4n) is 1.93. The van der Waals surface area contributed by atoms with Gasteiger partial charge in [0.05, 0.1) is 17.1 Å². The quantitative estimate of drug-likeness (QED) is 0.759. The second-order valence-corrected chi connectivity index (χ2v) is 4.04. The molecule has 0 fully saturated rings. The van der Waals surface area contributed by atoms with Gasteiger partial charge in [-0.25, -0.2) is 0 Å². The zero-order valence-corrected chi connectivity index (χ0v) is 10.1. The molecule has 3 heterocycles. The maximum absolute atomic E-state index is 11.4. The molecule has 92 valence electrons. The molecule has 0 aliphatic rings. The minimum absolute atomic E-state index is 0.143. The number of H-pyrrole nitrogens is 1. The lowest BCUT2D eigenvalue weighted by atomic mass is 10.1. The van der Waals surface area contributed by atoms with Crippen LogP contribution in [0.15, 0.2) is 65.7 Å². The molecule has 0 saturated carbocycles. The van der Waals surface area contributed by atoms with Crippen LogP contribution in [0.5, 0.6) is 0 Å². The number of rotatable bonds is 2. The predicted octanol–water partition coefficient (Wildman–Crippen LogP) is 2.50. The van der Waals surface area contributed by atoms with Crippen molar-refractivity contribution in [1.29, 1.82) is 0 Å². The smallest absolute Gasteiger partial charge is 0.248 e. The molecule has 0 unspecified atom stereocenters. The zero-order valence-electron chi connectivity index (χ0n) is 10.1. The fourth-order valence-corrected chi connectivity index (χ4v) is 1.93. The van der Waals surface area contributed by atoms with Crippen LogP contribution in [0.1, 0.15) is 0 Å². The number of pyridine rings is 3. The van der Waals surface area contributed by atoms with Gasteiger partial charge in [-0.05, 0) is 30.3 Å². The largest absolute Gasteiger partial charge is 0.321 e. The number of aromatic amines is 1. The molecule has 4 heteroatoms. The van der Waals surface area contributed by atoms with Crippen LogP contribution in [-0.2, 0) is 0 Å². The molecule has 0 atom stereocenters. The van der Waals surface area contributed by atoms with Gasteiger partial charge in [-0.15, -0.1) is 0 Å². The first kappa shape index (κ1) is 11.3. The maximum Gasteiger partial charge on any atom is 0.248 e. The van der Waals surface area contributed by atoms with Crippen molar-refractivity contribution < 1.29 is 0 Å². The topological polar surface area (TPSA) is 58.6 Å². The Morgan fingerprint density at radius 1 is 0.842 bits per heavy atom. The van der Waals surface area contributed by atoms with Gasteiger partial charge >= 0.3 is 0 Å². The summed E-state index contributed by atoms with van der Waals surface area (Å²) < 4.78 is 0. The molecule has 3 aromatic rings. The average Bonchev–Trinajstić information content (AvgIpc) is 2.48. The molecule has 0 radical (unpaired) electrons. The third-order valence-electron chi connectivity index (χ3n) is 2.77. The van der Waals surface area contributed by atoms with E-state index in [4.69, 9.17) is 0 Å². The first-order valence-corrected chi connectivity index (χ1v) is 5.91. The lowest BCUT2D eigenvalue weighted by molar-refractivity contribution is 1.19. The predicted molar refractivity (Wildman–Crippen MR) is 73.5 cm³/mol. The monoisotopic (exact) mass is 249 g/mol. The van der Waals surface area contributed by atoms with E-state index in [2.05, 4.69) is 15.0 Å². The summed E-state index contributed by atoms with van der Waals surface area (Å²) in [5.41, 5.74) is 2.99. The Balaban J connectivity index is 2.21. The second-order valence-electron chi connectivity index (χ2n) is 4.04. The number of nitrogens with zero attached hydrogens (tertiary/aromatic N) is 2. The van der Waals surface area contributed by atoms with E-state index in [9.17, 15) is 4.79 Å². The van der Waals surface area contributed by atoms with Gasteiger partial charge in [0.1, 0.15) is 0 Å². The zero-order chi connectivity index (χ0) is 13.1. The first-order valence-electron chi connectivity index (χ1n) is 5.91. The van der Waals surface area contributed by atoms with Crippen LogP contribution in [0, 0.1) is 0 Å². The summed E-state index contributed by atoms with van der Waals surface area (Å²) in [6.07, 6.45) is 3.44. The highest BCUT2D eigenvalue weighted by molar-refractivity contribution is 5.76. The van der Waals surface area contributed by atoms with E-state index >= 15 is 0 Å². The minimum Gasteiger partial charge on any atom is -0.321 e. The Labute approximate surface area is 109 Å². The highest BCUT2D eigenvalue weighted by Crippen LogP contribution is 2.26. The van der Waals surface area contributed by atoms with Crippen molar-refractivity contribution in [2.75, 3.05) is 0 Å². The Bertz CT molecular complexity index is 750. The lowest BCUT2D eigenvalue weighted by Crippen LogP contribution is -2.04. The molecule has 0 amide bonds. The van der Waals surface area contributed by atoms with Crippen molar-refractivity contribution in [1.82, 2.24) is 15.0 Å². The minimum atomic E-state index is -0.143. The third kappa shape index (κ3) is 2.28.